The monoisotopic (exact) mass is 410 g/mol. The Morgan fingerprint density at radius 1 is 0.867 bits per heavy atom. The fourth-order valence-corrected chi connectivity index (χ4v) is 2.68. The molecule has 0 saturated carbocycles. The summed E-state index contributed by atoms with van der Waals surface area (Å²) in [5.74, 6) is -0.395. The first-order chi connectivity index (χ1) is 14.3. The summed E-state index contributed by atoms with van der Waals surface area (Å²) < 4.78 is 0. The number of urea groups is 1. The van der Waals surface area contributed by atoms with Crippen LogP contribution in [0.15, 0.2) is 48.5 Å². The van der Waals surface area contributed by atoms with Gasteiger partial charge in [-0.1, -0.05) is 25.1 Å². The predicted molar refractivity (Wildman–Crippen MR) is 119 cm³/mol. The molecule has 7 heteroatoms. The Hall–Kier alpha value is -3.35. The maximum absolute atomic E-state index is 12.5. The van der Waals surface area contributed by atoms with Gasteiger partial charge in [-0.25, -0.2) is 4.79 Å². The predicted octanol–water partition coefficient (Wildman–Crippen LogP) is 3.67. The van der Waals surface area contributed by atoms with Crippen LogP contribution >= 0.6 is 0 Å². The van der Waals surface area contributed by atoms with E-state index in [9.17, 15) is 14.4 Å². The van der Waals surface area contributed by atoms with Gasteiger partial charge in [-0.3, -0.25) is 9.59 Å². The highest BCUT2D eigenvalue weighted by molar-refractivity contribution is 5.97. The van der Waals surface area contributed by atoms with Crippen LogP contribution in [-0.4, -0.2) is 29.9 Å². The van der Waals surface area contributed by atoms with E-state index < -0.39 is 0 Å². The lowest BCUT2D eigenvalue weighted by atomic mass is 10.1. The summed E-state index contributed by atoms with van der Waals surface area (Å²) in [4.78, 5) is 36.6. The van der Waals surface area contributed by atoms with Crippen molar-refractivity contribution in [3.63, 3.8) is 0 Å². The third-order valence-corrected chi connectivity index (χ3v) is 4.43. The van der Waals surface area contributed by atoms with Crippen LogP contribution in [0.4, 0.5) is 10.5 Å². The summed E-state index contributed by atoms with van der Waals surface area (Å²) in [6.45, 7) is 7.99. The fourth-order valence-electron chi connectivity index (χ4n) is 2.68. The first kappa shape index (κ1) is 22.9. The third-order valence-electron chi connectivity index (χ3n) is 4.43. The van der Waals surface area contributed by atoms with E-state index in [1.807, 2.05) is 33.8 Å². The summed E-state index contributed by atoms with van der Waals surface area (Å²) in [5, 5.41) is 11.2. The number of nitrogens with one attached hydrogen (secondary N) is 4. The average Bonchev–Trinajstić information content (AvgIpc) is 2.71. The molecule has 0 bridgehead atoms. The van der Waals surface area contributed by atoms with E-state index in [2.05, 4.69) is 21.3 Å². The highest BCUT2D eigenvalue weighted by Crippen LogP contribution is 2.12. The molecule has 4 amide bonds. The molecule has 0 radical (unpaired) electrons. The van der Waals surface area contributed by atoms with Crippen LogP contribution in [-0.2, 0) is 6.54 Å². The lowest BCUT2D eigenvalue weighted by Gasteiger charge is -2.13. The minimum absolute atomic E-state index is 0.0134. The van der Waals surface area contributed by atoms with E-state index in [0.29, 0.717) is 16.8 Å². The van der Waals surface area contributed by atoms with Crippen molar-refractivity contribution in [2.45, 2.75) is 52.7 Å². The maximum atomic E-state index is 12.5. The van der Waals surface area contributed by atoms with Crippen molar-refractivity contribution in [1.29, 1.82) is 0 Å². The summed E-state index contributed by atoms with van der Waals surface area (Å²) >= 11 is 0. The van der Waals surface area contributed by atoms with Crippen molar-refractivity contribution < 1.29 is 14.4 Å². The van der Waals surface area contributed by atoms with Gasteiger partial charge in [0.15, 0.2) is 0 Å². The number of carbonyl (C=O) groups is 3. The molecule has 0 aliphatic heterocycles. The highest BCUT2D eigenvalue weighted by atomic mass is 16.2. The molecule has 0 aliphatic carbocycles. The molecule has 2 aromatic rings. The van der Waals surface area contributed by atoms with E-state index in [1.165, 1.54) is 0 Å². The zero-order chi connectivity index (χ0) is 22.1. The summed E-state index contributed by atoms with van der Waals surface area (Å²) in [6, 6.07) is 13.7. The Morgan fingerprint density at radius 2 is 1.53 bits per heavy atom. The number of amides is 4. The third kappa shape index (κ3) is 7.24. The van der Waals surface area contributed by atoms with Gasteiger partial charge in [-0.2, -0.15) is 0 Å². The van der Waals surface area contributed by atoms with Crippen LogP contribution < -0.4 is 21.3 Å². The Bertz CT molecular complexity index is 896. The molecule has 0 heterocycles. The summed E-state index contributed by atoms with van der Waals surface area (Å²) in [5.41, 5.74) is 2.35. The molecule has 2 rings (SSSR count). The second-order valence-corrected chi connectivity index (χ2v) is 7.50. The molecule has 0 fully saturated rings. The van der Waals surface area contributed by atoms with Gasteiger partial charge < -0.3 is 21.3 Å². The molecule has 0 aliphatic rings. The number of anilines is 1. The van der Waals surface area contributed by atoms with Gasteiger partial charge in [0.05, 0.1) is 0 Å². The summed E-state index contributed by atoms with van der Waals surface area (Å²) in [7, 11) is 0. The molecule has 0 aromatic heterocycles. The van der Waals surface area contributed by atoms with Crippen LogP contribution in [0.5, 0.6) is 0 Å². The Balaban J connectivity index is 1.97. The highest BCUT2D eigenvalue weighted by Gasteiger charge is 2.11. The quantitative estimate of drug-likeness (QED) is 0.534. The minimum Gasteiger partial charge on any atom is -0.350 e. The molecular weight excluding hydrogens is 380 g/mol. The lowest BCUT2D eigenvalue weighted by molar-refractivity contribution is 0.0936. The average molecular weight is 411 g/mol. The smallest absolute Gasteiger partial charge is 0.319 e. The van der Waals surface area contributed by atoms with Crippen LogP contribution in [0, 0.1) is 0 Å². The molecule has 4 N–H and O–H groups in total. The van der Waals surface area contributed by atoms with Crippen molar-refractivity contribution in [3.05, 3.63) is 65.2 Å². The van der Waals surface area contributed by atoms with Gasteiger partial charge in [0.1, 0.15) is 0 Å². The van der Waals surface area contributed by atoms with Crippen LogP contribution in [0.1, 0.15) is 60.4 Å². The van der Waals surface area contributed by atoms with Crippen molar-refractivity contribution in [2.75, 3.05) is 5.32 Å². The molecule has 7 nitrogen and oxygen atoms in total. The van der Waals surface area contributed by atoms with Crippen LogP contribution in [0.2, 0.25) is 0 Å². The molecule has 1 atom stereocenters. The first-order valence-corrected chi connectivity index (χ1v) is 10.1. The SMILES string of the molecule is CCC(C)NC(=O)c1cccc(CNC(=O)c2cccc(NC(=O)NC(C)C)c2)c1. The normalized spacial score (nSPS) is 11.5. The minimum atomic E-state index is -0.324. The Kier molecular flexibility index (Phi) is 8.41. The number of carbonyl (C=O) groups excluding carboxylic acids is 3. The second kappa shape index (κ2) is 11.0. The van der Waals surface area contributed by atoms with E-state index in [-0.39, 0.29) is 36.5 Å². The van der Waals surface area contributed by atoms with E-state index in [0.717, 1.165) is 12.0 Å². The molecule has 2 aromatic carbocycles. The lowest BCUT2D eigenvalue weighted by Crippen LogP contribution is -2.34. The maximum Gasteiger partial charge on any atom is 0.319 e. The van der Waals surface area contributed by atoms with Crippen molar-refractivity contribution in [3.8, 4) is 0 Å². The van der Waals surface area contributed by atoms with Crippen molar-refractivity contribution >= 4 is 23.5 Å². The van der Waals surface area contributed by atoms with E-state index >= 15 is 0 Å². The topological polar surface area (TPSA) is 99.3 Å². The first-order valence-electron chi connectivity index (χ1n) is 10.1. The van der Waals surface area contributed by atoms with Gasteiger partial charge in [0, 0.05) is 35.4 Å². The number of hydrogen-bond donors (Lipinski definition) is 4. The molecule has 30 heavy (non-hydrogen) atoms. The van der Waals surface area contributed by atoms with Gasteiger partial charge >= 0.3 is 6.03 Å². The van der Waals surface area contributed by atoms with Crippen LogP contribution in [0.3, 0.4) is 0 Å². The molecule has 1 unspecified atom stereocenters. The van der Waals surface area contributed by atoms with Crippen molar-refractivity contribution in [1.82, 2.24) is 16.0 Å². The van der Waals surface area contributed by atoms with E-state index in [4.69, 9.17) is 0 Å². The van der Waals surface area contributed by atoms with Gasteiger partial charge in [0.25, 0.3) is 11.8 Å². The fraction of sp³-hybridized carbons (Fsp3) is 0.348. The van der Waals surface area contributed by atoms with Crippen LogP contribution in [0.25, 0.3) is 0 Å². The number of hydrogen-bond acceptors (Lipinski definition) is 3. The van der Waals surface area contributed by atoms with Gasteiger partial charge in [-0.05, 0) is 63.1 Å². The number of rotatable bonds is 8. The van der Waals surface area contributed by atoms with Crippen molar-refractivity contribution in [2.24, 2.45) is 0 Å². The molecule has 0 spiro atoms. The number of benzene rings is 2. The van der Waals surface area contributed by atoms with Gasteiger partial charge in [-0.15, -0.1) is 0 Å². The van der Waals surface area contributed by atoms with E-state index in [1.54, 1.807) is 42.5 Å². The zero-order valence-electron chi connectivity index (χ0n) is 17.9. The Morgan fingerprint density at radius 3 is 2.20 bits per heavy atom. The second-order valence-electron chi connectivity index (χ2n) is 7.50. The molecule has 160 valence electrons. The largest absolute Gasteiger partial charge is 0.350 e. The Labute approximate surface area is 177 Å². The summed E-state index contributed by atoms with van der Waals surface area (Å²) in [6.07, 6.45) is 0.856. The van der Waals surface area contributed by atoms with Gasteiger partial charge in [0.2, 0.25) is 0 Å². The zero-order valence-corrected chi connectivity index (χ0v) is 17.9. The standard InChI is InChI=1S/C23H30N4O3/c1-5-16(4)26-22(29)18-9-6-8-17(12-18)14-24-21(28)19-10-7-11-20(13-19)27-23(30)25-15(2)3/h6-13,15-16H,5,14H2,1-4H3,(H,24,28)(H,26,29)(H2,25,27,30). The molecule has 0 saturated heterocycles. The molecular formula is C23H30N4O3.